The molecule has 4 rings (SSSR count). The lowest BCUT2D eigenvalue weighted by atomic mass is 9.47. The minimum absolute atomic E-state index is 0.154. The van der Waals surface area contributed by atoms with Gasteiger partial charge in [-0.3, -0.25) is 4.79 Å². The first kappa shape index (κ1) is 20.2. The number of unbranched alkanes of at least 4 members (excludes halogenated alkanes) is 2. The first-order valence-electron chi connectivity index (χ1n) is 12.1. The molecule has 0 aromatic carbocycles. The zero-order valence-electron chi connectivity index (χ0n) is 18.5. The largest absolute Gasteiger partial charge is 0.332 e. The van der Waals surface area contributed by atoms with Crippen LogP contribution in [0.5, 0.6) is 0 Å². The Morgan fingerprint density at radius 2 is 1.96 bits per heavy atom. The molecule has 2 unspecified atom stereocenters. The number of fused-ring (bicyclic) bond motifs is 5. The van der Waals surface area contributed by atoms with Gasteiger partial charge in [-0.05, 0) is 80.1 Å². The van der Waals surface area contributed by atoms with E-state index in [1.165, 1.54) is 64.2 Å². The van der Waals surface area contributed by atoms with E-state index in [1.807, 2.05) is 12.2 Å². The average Bonchev–Trinajstić information content (AvgIpc) is 3.01. The number of hydrogen-bond donors (Lipinski definition) is 0. The van der Waals surface area contributed by atoms with E-state index in [2.05, 4.69) is 38.3 Å². The molecule has 1 amide bonds. The standard InChI is InChI=1S/C26H41NO/c1-5-7-8-9-19-10-12-21-20-11-13-23-26(4,22(20)14-16-25(19,21)3)17-15-24(28)27(23)18-6-2/h6,15,17,19-23H,2,5,7-14,16,18H2,1,3-4H3/t19?,20-,21-,22+,23?,25+,26+/m0/s1. The third-order valence-corrected chi connectivity index (χ3v) is 9.65. The topological polar surface area (TPSA) is 20.3 Å². The van der Waals surface area contributed by atoms with Crippen molar-refractivity contribution in [3.63, 3.8) is 0 Å². The molecule has 3 aliphatic carbocycles. The minimum atomic E-state index is 0.154. The Morgan fingerprint density at radius 3 is 2.71 bits per heavy atom. The molecule has 0 N–H and O–H groups in total. The number of rotatable bonds is 6. The van der Waals surface area contributed by atoms with Crippen LogP contribution in [0.2, 0.25) is 0 Å². The molecule has 28 heavy (non-hydrogen) atoms. The van der Waals surface area contributed by atoms with Gasteiger partial charge >= 0.3 is 0 Å². The van der Waals surface area contributed by atoms with Gasteiger partial charge in [0.25, 0.3) is 0 Å². The van der Waals surface area contributed by atoms with E-state index < -0.39 is 0 Å². The summed E-state index contributed by atoms with van der Waals surface area (Å²) in [5, 5.41) is 0. The maximum atomic E-state index is 12.5. The van der Waals surface area contributed by atoms with Crippen molar-refractivity contribution >= 4 is 5.91 Å². The summed E-state index contributed by atoms with van der Waals surface area (Å²) < 4.78 is 0. The van der Waals surface area contributed by atoms with Gasteiger partial charge in [-0.2, -0.15) is 0 Å². The molecule has 0 saturated heterocycles. The van der Waals surface area contributed by atoms with Gasteiger partial charge in [0, 0.05) is 18.0 Å². The van der Waals surface area contributed by atoms with Crippen molar-refractivity contribution in [2.45, 2.75) is 91.0 Å². The van der Waals surface area contributed by atoms with Crippen molar-refractivity contribution in [1.82, 2.24) is 4.90 Å². The second-order valence-corrected chi connectivity index (χ2v) is 10.8. The van der Waals surface area contributed by atoms with Gasteiger partial charge in [0.2, 0.25) is 5.91 Å². The second kappa shape index (κ2) is 7.65. The highest BCUT2D eigenvalue weighted by Gasteiger charge is 2.60. The Morgan fingerprint density at radius 1 is 1.14 bits per heavy atom. The smallest absolute Gasteiger partial charge is 0.246 e. The number of nitrogens with zero attached hydrogens (tertiary/aromatic N) is 1. The third-order valence-electron chi connectivity index (χ3n) is 9.65. The number of carbonyl (C=O) groups is 1. The highest BCUT2D eigenvalue weighted by atomic mass is 16.2. The Hall–Kier alpha value is -1.05. The van der Waals surface area contributed by atoms with E-state index in [4.69, 9.17) is 0 Å². The van der Waals surface area contributed by atoms with Crippen molar-refractivity contribution in [3.8, 4) is 0 Å². The minimum Gasteiger partial charge on any atom is -0.332 e. The monoisotopic (exact) mass is 383 g/mol. The highest BCUT2D eigenvalue weighted by Crippen LogP contribution is 2.66. The van der Waals surface area contributed by atoms with Crippen molar-refractivity contribution in [2.75, 3.05) is 6.54 Å². The average molecular weight is 384 g/mol. The van der Waals surface area contributed by atoms with Crippen LogP contribution in [0.4, 0.5) is 0 Å². The lowest BCUT2D eigenvalue weighted by molar-refractivity contribution is -0.140. The molecule has 0 radical (unpaired) electrons. The molecule has 156 valence electrons. The maximum absolute atomic E-state index is 12.5. The van der Waals surface area contributed by atoms with Gasteiger partial charge < -0.3 is 4.90 Å². The van der Waals surface area contributed by atoms with Gasteiger partial charge in [0.05, 0.1) is 0 Å². The van der Waals surface area contributed by atoms with Crippen LogP contribution in [0, 0.1) is 34.5 Å². The van der Waals surface area contributed by atoms with Crippen molar-refractivity contribution < 1.29 is 4.79 Å². The van der Waals surface area contributed by atoms with E-state index in [1.54, 1.807) is 0 Å². The molecule has 0 spiro atoms. The molecular formula is C26H41NO. The molecular weight excluding hydrogens is 342 g/mol. The number of amides is 1. The Bertz CT molecular complexity index is 638. The molecule has 3 fully saturated rings. The van der Waals surface area contributed by atoms with Crippen LogP contribution >= 0.6 is 0 Å². The van der Waals surface area contributed by atoms with E-state index in [0.29, 0.717) is 18.0 Å². The molecule has 1 aliphatic heterocycles. The van der Waals surface area contributed by atoms with Crippen LogP contribution in [-0.2, 0) is 4.79 Å². The van der Waals surface area contributed by atoms with E-state index in [-0.39, 0.29) is 11.3 Å². The quantitative estimate of drug-likeness (QED) is 0.385. The molecule has 1 heterocycles. The fourth-order valence-electron chi connectivity index (χ4n) is 8.18. The molecule has 2 heteroatoms. The Kier molecular flexibility index (Phi) is 5.53. The van der Waals surface area contributed by atoms with Gasteiger partial charge in [0.15, 0.2) is 0 Å². The van der Waals surface area contributed by atoms with Crippen LogP contribution < -0.4 is 0 Å². The third kappa shape index (κ3) is 3.01. The van der Waals surface area contributed by atoms with Gasteiger partial charge in [0.1, 0.15) is 0 Å². The normalized spacial score (nSPS) is 44.8. The molecule has 0 bridgehead atoms. The van der Waals surface area contributed by atoms with Gasteiger partial charge in [-0.1, -0.05) is 52.2 Å². The van der Waals surface area contributed by atoms with Gasteiger partial charge in [-0.15, -0.1) is 6.58 Å². The van der Waals surface area contributed by atoms with Crippen molar-refractivity contribution in [3.05, 3.63) is 24.8 Å². The van der Waals surface area contributed by atoms with Crippen molar-refractivity contribution in [2.24, 2.45) is 34.5 Å². The van der Waals surface area contributed by atoms with Gasteiger partial charge in [-0.25, -0.2) is 0 Å². The molecule has 4 aliphatic rings. The lowest BCUT2D eigenvalue weighted by Crippen LogP contribution is -2.60. The summed E-state index contributed by atoms with van der Waals surface area (Å²) in [5.41, 5.74) is 0.731. The van der Waals surface area contributed by atoms with Crippen LogP contribution in [0.15, 0.2) is 24.8 Å². The summed E-state index contributed by atoms with van der Waals surface area (Å²) >= 11 is 0. The van der Waals surface area contributed by atoms with Crippen LogP contribution in [0.25, 0.3) is 0 Å². The summed E-state index contributed by atoms with van der Waals surface area (Å²) in [6.07, 6.45) is 19.9. The van der Waals surface area contributed by atoms with Crippen LogP contribution in [0.3, 0.4) is 0 Å². The fourth-order valence-corrected chi connectivity index (χ4v) is 8.18. The maximum Gasteiger partial charge on any atom is 0.246 e. The van der Waals surface area contributed by atoms with Crippen molar-refractivity contribution in [1.29, 1.82) is 0 Å². The molecule has 3 saturated carbocycles. The predicted molar refractivity (Wildman–Crippen MR) is 117 cm³/mol. The van der Waals surface area contributed by atoms with Crippen LogP contribution in [0.1, 0.15) is 85.0 Å². The summed E-state index contributed by atoms with van der Waals surface area (Å²) in [7, 11) is 0. The van der Waals surface area contributed by atoms with Crippen LogP contribution in [-0.4, -0.2) is 23.4 Å². The molecule has 2 nitrogen and oxygen atoms in total. The van der Waals surface area contributed by atoms with E-state index in [9.17, 15) is 4.79 Å². The zero-order chi connectivity index (χ0) is 19.9. The molecule has 0 aromatic rings. The first-order chi connectivity index (χ1) is 13.5. The fraction of sp³-hybridized carbons (Fsp3) is 0.808. The number of carbonyl (C=O) groups excluding carboxylic acids is 1. The predicted octanol–water partition coefficient (Wildman–Crippen LogP) is 6.38. The lowest BCUT2D eigenvalue weighted by Gasteiger charge is -2.60. The molecule has 0 aromatic heterocycles. The summed E-state index contributed by atoms with van der Waals surface area (Å²) in [4.78, 5) is 14.6. The SMILES string of the molecule is C=CCN1C(=O)C=C[C@@]2(C)C1CC[C@@H]1[C@H]2CC[C@]2(C)C(CCCCC)CC[C@@H]12. The van der Waals surface area contributed by atoms with E-state index >= 15 is 0 Å². The second-order valence-electron chi connectivity index (χ2n) is 10.8. The summed E-state index contributed by atoms with van der Waals surface area (Å²) in [5.74, 6) is 3.67. The summed E-state index contributed by atoms with van der Waals surface area (Å²) in [6.45, 7) is 12.0. The molecule has 7 atom stereocenters. The number of hydrogen-bond acceptors (Lipinski definition) is 1. The first-order valence-corrected chi connectivity index (χ1v) is 12.1. The summed E-state index contributed by atoms with van der Waals surface area (Å²) in [6, 6.07) is 0.371. The Labute approximate surface area is 172 Å². The zero-order valence-corrected chi connectivity index (χ0v) is 18.5. The Balaban J connectivity index is 1.56. The highest BCUT2D eigenvalue weighted by molar-refractivity contribution is 5.89. The van der Waals surface area contributed by atoms with E-state index in [0.717, 1.165) is 23.7 Å².